The Bertz CT molecular complexity index is 585. The van der Waals surface area contributed by atoms with Crippen molar-refractivity contribution in [2.75, 3.05) is 13.1 Å². The number of aromatic nitrogens is 1. The van der Waals surface area contributed by atoms with Crippen molar-refractivity contribution in [2.24, 2.45) is 11.8 Å². The molecule has 1 aromatic rings. The lowest BCUT2D eigenvalue weighted by molar-refractivity contribution is 0.136. The Kier molecular flexibility index (Phi) is 4.28. The fourth-order valence-corrected chi connectivity index (χ4v) is 5.00. The van der Waals surface area contributed by atoms with Crippen LogP contribution in [0.15, 0.2) is 23.4 Å². The van der Waals surface area contributed by atoms with Crippen molar-refractivity contribution < 1.29 is 13.5 Å². The molecule has 1 aliphatic carbocycles. The zero-order chi connectivity index (χ0) is 14.9. The maximum Gasteiger partial charge on any atom is 0.260 e. The topological polar surface area (TPSA) is 70.5 Å². The van der Waals surface area contributed by atoms with Gasteiger partial charge in [-0.1, -0.05) is 25.3 Å². The van der Waals surface area contributed by atoms with Crippen molar-refractivity contribution in [3.05, 3.63) is 23.9 Å². The van der Waals surface area contributed by atoms with Crippen LogP contribution in [0.1, 0.15) is 37.7 Å². The second-order valence-electron chi connectivity index (χ2n) is 6.12. The van der Waals surface area contributed by atoms with E-state index in [0.29, 0.717) is 30.5 Å². The van der Waals surface area contributed by atoms with E-state index in [1.165, 1.54) is 31.5 Å². The van der Waals surface area contributed by atoms with Gasteiger partial charge in [-0.05, 0) is 36.3 Å². The summed E-state index contributed by atoms with van der Waals surface area (Å²) in [6, 6.07) is 3.11. The molecule has 0 aromatic carbocycles. The molecule has 1 aliphatic heterocycles. The molecule has 1 aromatic heterocycles. The lowest BCUT2D eigenvalue weighted by Crippen LogP contribution is -2.44. The Morgan fingerprint density at radius 2 is 1.95 bits per heavy atom. The summed E-state index contributed by atoms with van der Waals surface area (Å²) in [4.78, 5) is 4.01. The lowest BCUT2D eigenvalue weighted by atomic mass is 9.76. The summed E-state index contributed by atoms with van der Waals surface area (Å²) < 4.78 is 26.9. The lowest BCUT2D eigenvalue weighted by Gasteiger charge is -2.40. The van der Waals surface area contributed by atoms with Crippen LogP contribution >= 0.6 is 0 Å². The van der Waals surface area contributed by atoms with Gasteiger partial charge >= 0.3 is 0 Å². The fourth-order valence-electron chi connectivity index (χ4n) is 3.58. The van der Waals surface area contributed by atoms with Crippen LogP contribution in [-0.2, 0) is 16.6 Å². The highest BCUT2D eigenvalue weighted by Gasteiger charge is 2.36. The predicted molar refractivity (Wildman–Crippen MR) is 79.0 cm³/mol. The molecule has 1 N–H and O–H groups in total. The van der Waals surface area contributed by atoms with E-state index < -0.39 is 10.0 Å². The van der Waals surface area contributed by atoms with E-state index in [1.54, 1.807) is 10.4 Å². The number of hydrogen-bond acceptors (Lipinski definition) is 4. The van der Waals surface area contributed by atoms with Gasteiger partial charge in [0.1, 0.15) is 0 Å². The molecule has 5 nitrogen and oxygen atoms in total. The molecule has 3 rings (SSSR count). The van der Waals surface area contributed by atoms with Gasteiger partial charge in [-0.25, -0.2) is 13.4 Å². The zero-order valence-corrected chi connectivity index (χ0v) is 12.9. The summed E-state index contributed by atoms with van der Waals surface area (Å²) in [5.74, 6) is 1.22. The third-order valence-corrected chi connectivity index (χ3v) is 6.62. The number of aliphatic hydroxyl groups excluding tert-OH is 1. The molecule has 21 heavy (non-hydrogen) atoms. The second kappa shape index (κ2) is 6.02. The van der Waals surface area contributed by atoms with E-state index in [1.807, 2.05) is 0 Å². The van der Waals surface area contributed by atoms with Crippen molar-refractivity contribution in [1.82, 2.24) is 9.29 Å². The molecule has 0 spiro atoms. The van der Waals surface area contributed by atoms with Crippen molar-refractivity contribution in [3.8, 4) is 0 Å². The number of aliphatic hydroxyl groups is 1. The Labute approximate surface area is 126 Å². The quantitative estimate of drug-likeness (QED) is 0.924. The molecule has 2 atom stereocenters. The summed E-state index contributed by atoms with van der Waals surface area (Å²) in [5, 5.41) is 9.10. The molecule has 1 saturated heterocycles. The Morgan fingerprint density at radius 1 is 1.19 bits per heavy atom. The molecule has 0 radical (unpaired) electrons. The summed E-state index contributed by atoms with van der Waals surface area (Å²) in [6.45, 7) is 1.12. The van der Waals surface area contributed by atoms with Gasteiger partial charge in [0.25, 0.3) is 10.0 Å². The van der Waals surface area contributed by atoms with Gasteiger partial charge in [-0.3, -0.25) is 0 Å². The minimum Gasteiger partial charge on any atom is -0.392 e. The van der Waals surface area contributed by atoms with Crippen molar-refractivity contribution in [3.63, 3.8) is 0 Å². The maximum absolute atomic E-state index is 12.7. The Hall–Kier alpha value is -0.980. The predicted octanol–water partition coefficient (Wildman–Crippen LogP) is 1.77. The van der Waals surface area contributed by atoms with Gasteiger partial charge in [-0.15, -0.1) is 0 Å². The second-order valence-corrected chi connectivity index (χ2v) is 8.00. The first-order valence-electron chi connectivity index (χ1n) is 7.67. The first-order valence-corrected chi connectivity index (χ1v) is 9.11. The first-order chi connectivity index (χ1) is 10.1. The highest BCUT2D eigenvalue weighted by molar-refractivity contribution is 7.89. The monoisotopic (exact) mass is 310 g/mol. The van der Waals surface area contributed by atoms with Gasteiger partial charge in [0.15, 0.2) is 5.03 Å². The molecule has 0 bridgehead atoms. The minimum absolute atomic E-state index is 0.0916. The number of nitrogens with zero attached hydrogens (tertiary/aromatic N) is 2. The third kappa shape index (κ3) is 2.98. The summed E-state index contributed by atoms with van der Waals surface area (Å²) in [5.41, 5.74) is 0.625. The first kappa shape index (κ1) is 14.9. The smallest absolute Gasteiger partial charge is 0.260 e. The van der Waals surface area contributed by atoms with Crippen molar-refractivity contribution >= 4 is 10.0 Å². The van der Waals surface area contributed by atoms with E-state index in [9.17, 15) is 8.42 Å². The van der Waals surface area contributed by atoms with Crippen LogP contribution < -0.4 is 0 Å². The fraction of sp³-hybridized carbons (Fsp3) is 0.667. The average molecular weight is 310 g/mol. The van der Waals surface area contributed by atoms with Crippen LogP contribution in [0.5, 0.6) is 0 Å². The van der Waals surface area contributed by atoms with Gasteiger partial charge < -0.3 is 5.11 Å². The molecule has 116 valence electrons. The van der Waals surface area contributed by atoms with E-state index in [-0.39, 0.29) is 11.6 Å². The highest BCUT2D eigenvalue weighted by Crippen LogP contribution is 2.37. The molecule has 2 heterocycles. The summed E-state index contributed by atoms with van der Waals surface area (Å²) in [7, 11) is -3.50. The Balaban J connectivity index is 1.78. The normalized spacial score (nSPS) is 27.3. The van der Waals surface area contributed by atoms with E-state index in [0.717, 1.165) is 12.8 Å². The van der Waals surface area contributed by atoms with Crippen molar-refractivity contribution in [2.45, 2.75) is 43.7 Å². The van der Waals surface area contributed by atoms with E-state index in [2.05, 4.69) is 4.98 Å². The Morgan fingerprint density at radius 3 is 2.62 bits per heavy atom. The molecule has 1 saturated carbocycles. The average Bonchev–Trinajstić information content (AvgIpc) is 2.54. The zero-order valence-electron chi connectivity index (χ0n) is 12.1. The maximum atomic E-state index is 12.7. The molecule has 6 heteroatoms. The van der Waals surface area contributed by atoms with Gasteiger partial charge in [0.05, 0.1) is 6.61 Å². The number of hydrogen-bond donors (Lipinski definition) is 1. The molecule has 2 fully saturated rings. The molecule has 2 aliphatic rings. The number of fused-ring (bicyclic) bond motifs is 1. The third-order valence-electron chi connectivity index (χ3n) is 4.84. The highest BCUT2D eigenvalue weighted by atomic mass is 32.2. The number of pyridine rings is 1. The van der Waals surface area contributed by atoms with Crippen LogP contribution in [0.2, 0.25) is 0 Å². The minimum atomic E-state index is -3.50. The summed E-state index contributed by atoms with van der Waals surface area (Å²) >= 11 is 0. The summed E-state index contributed by atoms with van der Waals surface area (Å²) in [6.07, 6.45) is 7.31. The van der Waals surface area contributed by atoms with E-state index >= 15 is 0 Å². The molecular weight excluding hydrogens is 288 g/mol. The number of piperidine rings is 1. The molecule has 0 amide bonds. The van der Waals surface area contributed by atoms with Gasteiger partial charge in [0.2, 0.25) is 0 Å². The van der Waals surface area contributed by atoms with Crippen LogP contribution in [0.4, 0.5) is 0 Å². The van der Waals surface area contributed by atoms with E-state index in [4.69, 9.17) is 5.11 Å². The molecule has 2 unspecified atom stereocenters. The van der Waals surface area contributed by atoms with Crippen LogP contribution in [-0.4, -0.2) is 35.9 Å². The van der Waals surface area contributed by atoms with Crippen LogP contribution in [0.25, 0.3) is 0 Å². The van der Waals surface area contributed by atoms with Crippen LogP contribution in [0, 0.1) is 11.8 Å². The van der Waals surface area contributed by atoms with Crippen molar-refractivity contribution in [1.29, 1.82) is 0 Å². The van der Waals surface area contributed by atoms with Gasteiger partial charge in [-0.2, -0.15) is 4.31 Å². The molecular formula is C15H22N2O3S. The number of rotatable bonds is 3. The van der Waals surface area contributed by atoms with Crippen LogP contribution in [0.3, 0.4) is 0 Å². The van der Waals surface area contributed by atoms with Gasteiger partial charge in [0, 0.05) is 19.3 Å². The SMILES string of the molecule is O=S(=O)(c1ccc(CO)cn1)N1CCC2CCCCC2C1. The number of sulfonamides is 1. The largest absolute Gasteiger partial charge is 0.392 e. The standard InChI is InChI=1S/C15H22N2O3S/c18-11-12-5-6-15(16-9-12)21(19,20)17-8-7-13-3-1-2-4-14(13)10-17/h5-6,9,13-14,18H,1-4,7-8,10-11H2.